The van der Waals surface area contributed by atoms with Crippen molar-refractivity contribution in [1.29, 1.82) is 0 Å². The molecule has 8 atom stereocenters. The Kier molecular flexibility index (Phi) is 9.57. The number of rotatable bonds is 10. The Balaban J connectivity index is 1.23. The van der Waals surface area contributed by atoms with E-state index in [9.17, 15) is 9.90 Å². The SMILES string of the molecule is CC(C)CCC[C@@H](C)[C@H]1CCC2C3CC=C4CC(c5cc(C=CC(=O)O)ccc5Oc5ccc(N)cc5N)CC[C@]4(C)C3CC[C@@]21C. The summed E-state index contributed by atoms with van der Waals surface area (Å²) in [5.74, 6) is 5.68. The molecule has 4 aliphatic carbocycles. The van der Waals surface area contributed by atoms with Crippen molar-refractivity contribution in [3.63, 3.8) is 0 Å². The second-order valence-electron chi connectivity index (χ2n) is 16.6. The van der Waals surface area contributed by atoms with Crippen LogP contribution in [0.15, 0.2) is 54.1 Å². The third-order valence-corrected chi connectivity index (χ3v) is 13.5. The van der Waals surface area contributed by atoms with Gasteiger partial charge in [-0.25, -0.2) is 4.79 Å². The van der Waals surface area contributed by atoms with Crippen LogP contribution in [0.25, 0.3) is 6.08 Å². The zero-order chi connectivity index (χ0) is 33.5. The standard InChI is InChI=1S/C42H58N2O3/c1-26(2)7-6-8-27(3)34-14-15-35-32-13-11-30-24-29(19-21-41(30,4)36(32)20-22-42(34,35)5)33-23-28(10-18-40(45)46)9-16-38(33)47-39-17-12-31(43)25-37(39)44/h9-12,16-18,23,25-27,29,32,34-36H,6-8,13-15,19-22,24,43-44H2,1-5H3,(H,45,46)/t27-,29?,32?,34-,35?,36?,41+,42-/m1/s1. The molecule has 254 valence electrons. The van der Waals surface area contributed by atoms with Crippen LogP contribution in [0, 0.1) is 46.3 Å². The van der Waals surface area contributed by atoms with Crippen molar-refractivity contribution in [1.82, 2.24) is 0 Å². The number of nitrogen functional groups attached to an aromatic ring is 2. The molecule has 0 amide bonds. The largest absolute Gasteiger partial charge is 0.478 e. The smallest absolute Gasteiger partial charge is 0.328 e. The van der Waals surface area contributed by atoms with E-state index in [1.54, 1.807) is 23.8 Å². The quantitative estimate of drug-likeness (QED) is 0.137. The fourth-order valence-electron chi connectivity index (χ4n) is 11.0. The number of carboxylic acid groups (broad SMARTS) is 1. The van der Waals surface area contributed by atoms with E-state index in [2.05, 4.69) is 46.8 Å². The zero-order valence-corrected chi connectivity index (χ0v) is 29.4. The van der Waals surface area contributed by atoms with Gasteiger partial charge in [-0.2, -0.15) is 0 Å². The molecule has 4 unspecified atom stereocenters. The predicted molar refractivity (Wildman–Crippen MR) is 194 cm³/mol. The molecule has 6 rings (SSSR count). The normalized spacial score (nSPS) is 32.4. The molecule has 5 heteroatoms. The molecule has 5 N–H and O–H groups in total. The summed E-state index contributed by atoms with van der Waals surface area (Å²) in [6.07, 6.45) is 19.8. The topological polar surface area (TPSA) is 98.6 Å². The van der Waals surface area contributed by atoms with Gasteiger partial charge in [0.05, 0.1) is 5.69 Å². The molecule has 0 spiro atoms. The van der Waals surface area contributed by atoms with Gasteiger partial charge in [-0.1, -0.05) is 71.6 Å². The highest BCUT2D eigenvalue weighted by Gasteiger charge is 2.59. The van der Waals surface area contributed by atoms with Crippen LogP contribution in [0.2, 0.25) is 0 Å². The first-order valence-corrected chi connectivity index (χ1v) is 18.5. The fourth-order valence-corrected chi connectivity index (χ4v) is 11.0. The Morgan fingerprint density at radius 2 is 1.77 bits per heavy atom. The number of hydrogen-bond acceptors (Lipinski definition) is 4. The van der Waals surface area contributed by atoms with Crippen molar-refractivity contribution < 1.29 is 14.6 Å². The third kappa shape index (κ3) is 6.61. The summed E-state index contributed by atoms with van der Waals surface area (Å²) in [4.78, 5) is 11.3. The lowest BCUT2D eigenvalue weighted by Crippen LogP contribution is -2.50. The van der Waals surface area contributed by atoms with Gasteiger partial charge in [-0.3, -0.25) is 0 Å². The molecule has 0 aromatic heterocycles. The summed E-state index contributed by atoms with van der Waals surface area (Å²) >= 11 is 0. The van der Waals surface area contributed by atoms with Gasteiger partial charge < -0.3 is 21.3 Å². The highest BCUT2D eigenvalue weighted by molar-refractivity contribution is 5.85. The Hall–Kier alpha value is -3.21. The molecule has 0 saturated heterocycles. The average molecular weight is 639 g/mol. The molecule has 0 radical (unpaired) electrons. The number of anilines is 2. The molecule has 0 bridgehead atoms. The molecule has 3 saturated carbocycles. The lowest BCUT2D eigenvalue weighted by Gasteiger charge is -2.58. The van der Waals surface area contributed by atoms with E-state index in [0.29, 0.717) is 28.5 Å². The summed E-state index contributed by atoms with van der Waals surface area (Å²) in [7, 11) is 0. The van der Waals surface area contributed by atoms with Gasteiger partial charge in [-0.05, 0) is 151 Å². The maximum Gasteiger partial charge on any atom is 0.328 e. The lowest BCUT2D eigenvalue weighted by molar-refractivity contribution is -0.131. The van der Waals surface area contributed by atoms with E-state index < -0.39 is 5.97 Å². The highest BCUT2D eigenvalue weighted by atomic mass is 16.5. The lowest BCUT2D eigenvalue weighted by atomic mass is 9.46. The summed E-state index contributed by atoms with van der Waals surface area (Å²) < 4.78 is 6.46. The number of allylic oxidation sites excluding steroid dienone is 2. The van der Waals surface area contributed by atoms with Gasteiger partial charge in [0.25, 0.3) is 0 Å². The van der Waals surface area contributed by atoms with Crippen molar-refractivity contribution in [3.8, 4) is 11.5 Å². The number of carbonyl (C=O) groups is 1. The van der Waals surface area contributed by atoms with Crippen LogP contribution in [0.5, 0.6) is 11.5 Å². The van der Waals surface area contributed by atoms with Gasteiger partial charge in [0.15, 0.2) is 0 Å². The van der Waals surface area contributed by atoms with Crippen molar-refractivity contribution >= 4 is 23.4 Å². The Labute approximate surface area is 283 Å². The molecule has 2 aromatic carbocycles. The molecular weight excluding hydrogens is 580 g/mol. The first-order chi connectivity index (χ1) is 22.4. The van der Waals surface area contributed by atoms with Gasteiger partial charge in [-0.15, -0.1) is 0 Å². The Morgan fingerprint density at radius 3 is 2.51 bits per heavy atom. The van der Waals surface area contributed by atoms with Crippen molar-refractivity contribution in [2.45, 2.75) is 111 Å². The van der Waals surface area contributed by atoms with Gasteiger partial charge in [0.1, 0.15) is 11.5 Å². The summed E-state index contributed by atoms with van der Waals surface area (Å²) in [6.45, 7) is 12.6. The number of nitrogens with two attached hydrogens (primary N) is 2. The number of benzene rings is 2. The summed E-state index contributed by atoms with van der Waals surface area (Å²) in [6, 6.07) is 11.4. The van der Waals surface area contributed by atoms with Crippen LogP contribution in [-0.2, 0) is 4.79 Å². The Bertz CT molecular complexity index is 1530. The molecule has 4 aliphatic rings. The molecular formula is C42H58N2O3. The number of hydrogen-bond donors (Lipinski definition) is 3. The second-order valence-corrected chi connectivity index (χ2v) is 16.6. The van der Waals surface area contributed by atoms with E-state index in [4.69, 9.17) is 16.2 Å². The molecule has 47 heavy (non-hydrogen) atoms. The number of carboxylic acids is 1. The van der Waals surface area contributed by atoms with Crippen LogP contribution in [0.1, 0.15) is 122 Å². The molecule has 0 heterocycles. The molecule has 2 aromatic rings. The Morgan fingerprint density at radius 1 is 0.979 bits per heavy atom. The molecule has 5 nitrogen and oxygen atoms in total. The monoisotopic (exact) mass is 638 g/mol. The first-order valence-electron chi connectivity index (χ1n) is 18.5. The number of ether oxygens (including phenoxy) is 1. The maximum absolute atomic E-state index is 11.3. The number of fused-ring (bicyclic) bond motifs is 5. The van der Waals surface area contributed by atoms with E-state index in [0.717, 1.165) is 65.2 Å². The van der Waals surface area contributed by atoms with E-state index in [1.165, 1.54) is 63.9 Å². The molecule has 3 fully saturated rings. The first kappa shape index (κ1) is 33.7. The van der Waals surface area contributed by atoms with Crippen molar-refractivity contribution in [3.05, 3.63) is 65.3 Å². The predicted octanol–water partition coefficient (Wildman–Crippen LogP) is 10.9. The van der Waals surface area contributed by atoms with Crippen LogP contribution in [0.4, 0.5) is 11.4 Å². The minimum Gasteiger partial charge on any atom is -0.478 e. The van der Waals surface area contributed by atoms with Gasteiger partial charge >= 0.3 is 5.97 Å². The van der Waals surface area contributed by atoms with Gasteiger partial charge in [0, 0.05) is 11.8 Å². The minimum absolute atomic E-state index is 0.255. The van der Waals surface area contributed by atoms with Gasteiger partial charge in [0.2, 0.25) is 0 Å². The van der Waals surface area contributed by atoms with Crippen molar-refractivity contribution in [2.24, 2.45) is 46.3 Å². The number of aliphatic carboxylic acids is 1. The van der Waals surface area contributed by atoms with Crippen LogP contribution < -0.4 is 16.2 Å². The highest BCUT2D eigenvalue weighted by Crippen LogP contribution is 2.68. The van der Waals surface area contributed by atoms with E-state index >= 15 is 0 Å². The minimum atomic E-state index is -0.949. The fraction of sp³-hybridized carbons (Fsp3) is 0.595. The average Bonchev–Trinajstić information content (AvgIpc) is 3.38. The summed E-state index contributed by atoms with van der Waals surface area (Å²) in [5, 5.41) is 9.27. The third-order valence-electron chi connectivity index (χ3n) is 13.5. The zero-order valence-electron chi connectivity index (χ0n) is 29.4. The van der Waals surface area contributed by atoms with E-state index in [1.807, 2.05) is 18.2 Å². The molecule has 0 aliphatic heterocycles. The van der Waals surface area contributed by atoms with Crippen LogP contribution in [-0.4, -0.2) is 11.1 Å². The second kappa shape index (κ2) is 13.4. The van der Waals surface area contributed by atoms with E-state index in [-0.39, 0.29) is 5.41 Å². The van der Waals surface area contributed by atoms with Crippen molar-refractivity contribution in [2.75, 3.05) is 11.5 Å². The summed E-state index contributed by atoms with van der Waals surface area (Å²) in [5.41, 5.74) is 17.7. The maximum atomic E-state index is 11.3. The van der Waals surface area contributed by atoms with Crippen LogP contribution in [0.3, 0.4) is 0 Å². The van der Waals surface area contributed by atoms with Crippen LogP contribution >= 0.6 is 0 Å².